The number of benzene rings is 1. The topological polar surface area (TPSA) is 106 Å². The molecule has 0 fully saturated rings. The number of carboxylic acid groups (broad SMARTS) is 1. The minimum absolute atomic E-state index is 0.0665. The fourth-order valence-corrected chi connectivity index (χ4v) is 2.89. The Morgan fingerprint density at radius 2 is 1.96 bits per heavy atom. The number of nitrogens with zero attached hydrogens (tertiary/aromatic N) is 3. The van der Waals surface area contributed by atoms with Crippen LogP contribution in [0.5, 0.6) is 0 Å². The lowest BCUT2D eigenvalue weighted by Crippen LogP contribution is -2.37. The summed E-state index contributed by atoms with van der Waals surface area (Å²) in [7, 11) is 1.29. The number of aliphatic carboxylic acids is 1. The second-order valence-electron chi connectivity index (χ2n) is 6.61. The molecule has 8 nitrogen and oxygen atoms in total. The molecule has 0 saturated carbocycles. The first-order valence-electron chi connectivity index (χ1n) is 8.89. The SMILES string of the molecule is COC(CNC(=O)c1cc(-c2ccccc2)nc2c1cnn2C(C)C)C(=O)O. The van der Waals surface area contributed by atoms with E-state index in [1.807, 2.05) is 44.2 Å². The van der Waals surface area contributed by atoms with Gasteiger partial charge in [-0.2, -0.15) is 5.10 Å². The maximum Gasteiger partial charge on any atom is 0.334 e. The molecule has 1 atom stereocenters. The van der Waals surface area contributed by atoms with Crippen molar-refractivity contribution in [2.45, 2.75) is 26.0 Å². The number of nitrogens with one attached hydrogen (secondary N) is 1. The van der Waals surface area contributed by atoms with Crippen molar-refractivity contribution in [3.63, 3.8) is 0 Å². The molecule has 2 aromatic heterocycles. The van der Waals surface area contributed by atoms with Crippen molar-refractivity contribution in [2.75, 3.05) is 13.7 Å². The highest BCUT2D eigenvalue weighted by Gasteiger charge is 2.21. The normalized spacial score (nSPS) is 12.3. The number of hydrogen-bond donors (Lipinski definition) is 2. The van der Waals surface area contributed by atoms with Gasteiger partial charge in [0, 0.05) is 18.7 Å². The molecule has 0 aliphatic carbocycles. The van der Waals surface area contributed by atoms with Gasteiger partial charge in [0.05, 0.1) is 29.4 Å². The van der Waals surface area contributed by atoms with E-state index in [9.17, 15) is 9.59 Å². The summed E-state index contributed by atoms with van der Waals surface area (Å²) < 4.78 is 6.63. The van der Waals surface area contributed by atoms with Crippen molar-refractivity contribution in [2.24, 2.45) is 0 Å². The minimum atomic E-state index is -1.14. The quantitative estimate of drug-likeness (QED) is 0.650. The van der Waals surface area contributed by atoms with Crippen LogP contribution in [0.2, 0.25) is 0 Å². The molecule has 0 aliphatic heterocycles. The lowest BCUT2D eigenvalue weighted by atomic mass is 10.1. The molecule has 0 spiro atoms. The van der Waals surface area contributed by atoms with Crippen LogP contribution >= 0.6 is 0 Å². The number of ether oxygens (including phenoxy) is 1. The molecule has 8 heteroatoms. The van der Waals surface area contributed by atoms with Crippen molar-refractivity contribution < 1.29 is 19.4 Å². The Morgan fingerprint density at radius 1 is 1.25 bits per heavy atom. The van der Waals surface area contributed by atoms with Gasteiger partial charge in [0.15, 0.2) is 11.8 Å². The van der Waals surface area contributed by atoms with Crippen LogP contribution in [-0.4, -0.2) is 51.5 Å². The van der Waals surface area contributed by atoms with E-state index in [-0.39, 0.29) is 12.6 Å². The third kappa shape index (κ3) is 3.86. The number of carbonyl (C=O) groups is 2. The first-order valence-corrected chi connectivity index (χ1v) is 8.89. The number of methoxy groups -OCH3 is 1. The Hall–Kier alpha value is -3.26. The second-order valence-corrected chi connectivity index (χ2v) is 6.61. The summed E-state index contributed by atoms with van der Waals surface area (Å²) in [4.78, 5) is 28.7. The van der Waals surface area contributed by atoms with Gasteiger partial charge in [-0.1, -0.05) is 30.3 Å². The molecule has 0 saturated heterocycles. The Balaban J connectivity index is 2.05. The van der Waals surface area contributed by atoms with E-state index < -0.39 is 18.0 Å². The summed E-state index contributed by atoms with van der Waals surface area (Å²) in [6.45, 7) is 3.83. The number of rotatable bonds is 7. The molecule has 0 bridgehead atoms. The number of carboxylic acids is 1. The maximum absolute atomic E-state index is 12.8. The van der Waals surface area contributed by atoms with Gasteiger partial charge in [-0.25, -0.2) is 14.5 Å². The van der Waals surface area contributed by atoms with Crippen molar-refractivity contribution in [3.05, 3.63) is 48.2 Å². The summed E-state index contributed by atoms with van der Waals surface area (Å²) in [6, 6.07) is 11.3. The van der Waals surface area contributed by atoms with Crippen molar-refractivity contribution in [1.82, 2.24) is 20.1 Å². The zero-order chi connectivity index (χ0) is 20.3. The van der Waals surface area contributed by atoms with Crippen LogP contribution in [0.1, 0.15) is 30.2 Å². The Bertz CT molecular complexity index is 998. The summed E-state index contributed by atoms with van der Waals surface area (Å²) >= 11 is 0. The molecule has 28 heavy (non-hydrogen) atoms. The van der Waals surface area contributed by atoms with Crippen LogP contribution in [0, 0.1) is 0 Å². The lowest BCUT2D eigenvalue weighted by Gasteiger charge is -2.13. The molecule has 1 unspecified atom stereocenters. The molecule has 1 aromatic carbocycles. The van der Waals surface area contributed by atoms with Crippen LogP contribution < -0.4 is 5.32 Å². The van der Waals surface area contributed by atoms with E-state index in [0.29, 0.717) is 22.3 Å². The average Bonchev–Trinajstić information content (AvgIpc) is 3.12. The fourth-order valence-electron chi connectivity index (χ4n) is 2.89. The van der Waals surface area contributed by atoms with E-state index >= 15 is 0 Å². The highest BCUT2D eigenvalue weighted by Crippen LogP contribution is 2.26. The molecular weight excluding hydrogens is 360 g/mol. The summed E-state index contributed by atoms with van der Waals surface area (Å²) in [5.41, 5.74) is 2.50. The number of carbonyl (C=O) groups excluding carboxylic acids is 1. The Morgan fingerprint density at radius 3 is 2.57 bits per heavy atom. The van der Waals surface area contributed by atoms with E-state index in [0.717, 1.165) is 5.56 Å². The van der Waals surface area contributed by atoms with Gasteiger partial charge in [-0.3, -0.25) is 4.79 Å². The number of hydrogen-bond acceptors (Lipinski definition) is 5. The molecule has 0 radical (unpaired) electrons. The Labute approximate surface area is 162 Å². The van der Waals surface area contributed by atoms with Gasteiger partial charge in [0.2, 0.25) is 0 Å². The lowest BCUT2D eigenvalue weighted by molar-refractivity contribution is -0.148. The summed E-state index contributed by atoms with van der Waals surface area (Å²) in [6.07, 6.45) is 0.491. The van der Waals surface area contributed by atoms with Crippen molar-refractivity contribution >= 4 is 22.9 Å². The second kappa shape index (κ2) is 8.18. The minimum Gasteiger partial charge on any atom is -0.479 e. The molecule has 146 valence electrons. The van der Waals surface area contributed by atoms with E-state index in [1.54, 1.807) is 16.9 Å². The highest BCUT2D eigenvalue weighted by molar-refractivity contribution is 6.06. The van der Waals surface area contributed by atoms with Crippen LogP contribution in [0.15, 0.2) is 42.6 Å². The summed E-state index contributed by atoms with van der Waals surface area (Å²) in [5, 5.41) is 16.7. The van der Waals surface area contributed by atoms with Gasteiger partial charge in [-0.15, -0.1) is 0 Å². The Kier molecular flexibility index (Phi) is 5.70. The summed E-state index contributed by atoms with van der Waals surface area (Å²) in [5.74, 6) is -1.54. The van der Waals surface area contributed by atoms with Crippen LogP contribution in [-0.2, 0) is 9.53 Å². The van der Waals surface area contributed by atoms with Crippen LogP contribution in [0.4, 0.5) is 0 Å². The van der Waals surface area contributed by atoms with Gasteiger partial charge in [0.25, 0.3) is 5.91 Å². The van der Waals surface area contributed by atoms with Gasteiger partial charge >= 0.3 is 5.97 Å². The molecule has 0 aliphatic rings. The number of pyridine rings is 1. The molecule has 2 heterocycles. The molecule has 2 N–H and O–H groups in total. The zero-order valence-corrected chi connectivity index (χ0v) is 15.9. The molecule has 1 amide bonds. The van der Waals surface area contributed by atoms with E-state index in [1.165, 1.54) is 7.11 Å². The first kappa shape index (κ1) is 19.5. The predicted octanol–water partition coefficient (Wildman–Crippen LogP) is 2.51. The largest absolute Gasteiger partial charge is 0.479 e. The third-order valence-electron chi connectivity index (χ3n) is 4.38. The molecule has 3 rings (SSSR count). The standard InChI is InChI=1S/C20H22N4O4/c1-12(2)24-18-15(10-22-24)14(19(25)21-11-17(28-3)20(26)27)9-16(23-18)13-7-5-4-6-8-13/h4-10,12,17H,11H2,1-3H3,(H,21,25)(H,26,27). The third-order valence-corrected chi connectivity index (χ3v) is 4.38. The number of aromatic nitrogens is 3. The average molecular weight is 382 g/mol. The van der Waals surface area contributed by atoms with E-state index in [2.05, 4.69) is 10.4 Å². The number of fused-ring (bicyclic) bond motifs is 1. The van der Waals surface area contributed by atoms with Crippen molar-refractivity contribution in [3.8, 4) is 11.3 Å². The van der Waals surface area contributed by atoms with E-state index in [4.69, 9.17) is 14.8 Å². The smallest absolute Gasteiger partial charge is 0.334 e. The highest BCUT2D eigenvalue weighted by atomic mass is 16.5. The predicted molar refractivity (Wildman–Crippen MR) is 104 cm³/mol. The fraction of sp³-hybridized carbons (Fsp3) is 0.300. The maximum atomic E-state index is 12.8. The van der Waals surface area contributed by atoms with Gasteiger partial charge < -0.3 is 15.2 Å². The molecule has 3 aromatic rings. The van der Waals surface area contributed by atoms with Crippen LogP contribution in [0.25, 0.3) is 22.3 Å². The van der Waals surface area contributed by atoms with Gasteiger partial charge in [-0.05, 0) is 19.9 Å². The van der Waals surface area contributed by atoms with Crippen molar-refractivity contribution in [1.29, 1.82) is 0 Å². The van der Waals surface area contributed by atoms with Gasteiger partial charge in [0.1, 0.15) is 0 Å². The monoisotopic (exact) mass is 382 g/mol. The van der Waals surface area contributed by atoms with Crippen LogP contribution in [0.3, 0.4) is 0 Å². The zero-order valence-electron chi connectivity index (χ0n) is 15.9. The first-order chi connectivity index (χ1) is 13.4. The number of amides is 1. The molecular formula is C20H22N4O4.